The fourth-order valence-corrected chi connectivity index (χ4v) is 3.19. The van der Waals surface area contributed by atoms with Crippen LogP contribution in [0.1, 0.15) is 33.2 Å². The molecule has 1 atom stereocenters. The monoisotopic (exact) mass is 362 g/mol. The van der Waals surface area contributed by atoms with Gasteiger partial charge in [0.15, 0.2) is 5.16 Å². The molecule has 134 valence electrons. The predicted octanol–water partition coefficient (Wildman–Crippen LogP) is 2.31. The zero-order valence-corrected chi connectivity index (χ0v) is 15.4. The molecule has 2 aromatic rings. The molecule has 1 aromatic carbocycles. The molecule has 2 rings (SSSR count). The van der Waals surface area contributed by atoms with Gasteiger partial charge in [0.05, 0.1) is 16.7 Å². The number of nitrogens with one attached hydrogen (secondary N) is 2. The molecule has 8 heteroatoms. The van der Waals surface area contributed by atoms with Crippen molar-refractivity contribution in [2.24, 2.45) is 0 Å². The van der Waals surface area contributed by atoms with E-state index in [1.165, 1.54) is 0 Å². The van der Waals surface area contributed by atoms with E-state index >= 15 is 0 Å². The SMILES string of the molecule is CCNC(=O)NC(=O)CSc1nc2ccccc2c(=O)n1[C@@H](C)CC. The molecule has 1 heterocycles. The number of fused-ring (bicyclic) bond motifs is 1. The molecule has 25 heavy (non-hydrogen) atoms. The van der Waals surface area contributed by atoms with Gasteiger partial charge in [-0.3, -0.25) is 19.5 Å². The molecule has 0 aliphatic rings. The minimum Gasteiger partial charge on any atom is -0.338 e. The number of carbonyl (C=O) groups is 2. The molecule has 0 saturated heterocycles. The lowest BCUT2D eigenvalue weighted by Gasteiger charge is -2.18. The molecular formula is C17H22N4O3S. The van der Waals surface area contributed by atoms with Crippen LogP contribution >= 0.6 is 11.8 Å². The highest BCUT2D eigenvalue weighted by Gasteiger charge is 2.17. The van der Waals surface area contributed by atoms with Crippen molar-refractivity contribution in [1.29, 1.82) is 0 Å². The van der Waals surface area contributed by atoms with Gasteiger partial charge in [0.25, 0.3) is 5.56 Å². The molecule has 1 aromatic heterocycles. The van der Waals surface area contributed by atoms with Crippen molar-refractivity contribution in [1.82, 2.24) is 20.2 Å². The van der Waals surface area contributed by atoms with Crippen molar-refractivity contribution in [2.45, 2.75) is 38.4 Å². The maximum Gasteiger partial charge on any atom is 0.321 e. The van der Waals surface area contributed by atoms with Gasteiger partial charge < -0.3 is 5.32 Å². The summed E-state index contributed by atoms with van der Waals surface area (Å²) in [5.74, 6) is -0.438. The van der Waals surface area contributed by atoms with Gasteiger partial charge in [-0.25, -0.2) is 9.78 Å². The van der Waals surface area contributed by atoms with Gasteiger partial charge in [-0.2, -0.15) is 0 Å². The van der Waals surface area contributed by atoms with Crippen LogP contribution < -0.4 is 16.2 Å². The van der Waals surface area contributed by atoms with Gasteiger partial charge in [-0.15, -0.1) is 0 Å². The van der Waals surface area contributed by atoms with E-state index < -0.39 is 11.9 Å². The van der Waals surface area contributed by atoms with Crippen LogP contribution in [-0.2, 0) is 4.79 Å². The minimum atomic E-state index is -0.529. The second-order valence-electron chi connectivity index (χ2n) is 5.54. The summed E-state index contributed by atoms with van der Waals surface area (Å²) in [5.41, 5.74) is 0.477. The topological polar surface area (TPSA) is 93.1 Å². The fraction of sp³-hybridized carbons (Fsp3) is 0.412. The molecule has 3 amide bonds. The first kappa shape index (κ1) is 19.0. The number of hydrogen-bond acceptors (Lipinski definition) is 5. The van der Waals surface area contributed by atoms with E-state index in [1.807, 2.05) is 19.9 Å². The van der Waals surface area contributed by atoms with Crippen molar-refractivity contribution in [2.75, 3.05) is 12.3 Å². The van der Waals surface area contributed by atoms with E-state index in [9.17, 15) is 14.4 Å². The number of para-hydroxylation sites is 1. The maximum absolute atomic E-state index is 12.8. The second-order valence-corrected chi connectivity index (χ2v) is 6.48. The van der Waals surface area contributed by atoms with Gasteiger partial charge >= 0.3 is 6.03 Å². The van der Waals surface area contributed by atoms with Crippen LogP contribution in [-0.4, -0.2) is 33.8 Å². The van der Waals surface area contributed by atoms with Crippen molar-refractivity contribution >= 4 is 34.6 Å². The molecule has 0 unspecified atom stereocenters. The zero-order valence-electron chi connectivity index (χ0n) is 14.5. The Labute approximate surface area is 150 Å². The molecular weight excluding hydrogens is 340 g/mol. The van der Waals surface area contributed by atoms with Crippen molar-refractivity contribution in [3.8, 4) is 0 Å². The number of urea groups is 1. The quantitative estimate of drug-likeness (QED) is 0.608. The summed E-state index contributed by atoms with van der Waals surface area (Å²) in [5, 5.41) is 5.77. The molecule has 2 N–H and O–H groups in total. The summed E-state index contributed by atoms with van der Waals surface area (Å²) < 4.78 is 1.62. The molecule has 0 bridgehead atoms. The number of amides is 3. The van der Waals surface area contributed by atoms with Gasteiger partial charge in [0, 0.05) is 12.6 Å². The number of thioether (sulfide) groups is 1. The zero-order chi connectivity index (χ0) is 18.4. The number of benzene rings is 1. The first-order valence-corrected chi connectivity index (χ1v) is 9.18. The first-order valence-electron chi connectivity index (χ1n) is 8.19. The first-order chi connectivity index (χ1) is 12.0. The number of aromatic nitrogens is 2. The van der Waals surface area contributed by atoms with E-state index in [-0.39, 0.29) is 17.4 Å². The average molecular weight is 362 g/mol. The summed E-state index contributed by atoms with van der Waals surface area (Å²) >= 11 is 1.15. The lowest BCUT2D eigenvalue weighted by molar-refractivity contribution is -0.117. The highest BCUT2D eigenvalue weighted by Crippen LogP contribution is 2.22. The lowest BCUT2D eigenvalue weighted by atomic mass is 10.2. The summed E-state index contributed by atoms with van der Waals surface area (Å²) in [6.45, 7) is 6.13. The van der Waals surface area contributed by atoms with Crippen molar-refractivity contribution < 1.29 is 9.59 Å². The van der Waals surface area contributed by atoms with E-state index in [1.54, 1.807) is 29.7 Å². The van der Waals surface area contributed by atoms with Gasteiger partial charge in [0.2, 0.25) is 5.91 Å². The minimum absolute atomic E-state index is 0.00164. The third kappa shape index (κ3) is 4.60. The number of nitrogens with zero attached hydrogens (tertiary/aromatic N) is 2. The molecule has 0 aliphatic carbocycles. The van der Waals surface area contributed by atoms with Crippen LogP contribution in [0.5, 0.6) is 0 Å². The van der Waals surface area contributed by atoms with Gasteiger partial charge in [-0.1, -0.05) is 30.8 Å². The van der Waals surface area contributed by atoms with Crippen LogP contribution in [0.3, 0.4) is 0 Å². The summed E-state index contributed by atoms with van der Waals surface area (Å²) in [4.78, 5) is 40.6. The number of carbonyl (C=O) groups excluding carboxylic acids is 2. The van der Waals surface area contributed by atoms with E-state index in [0.717, 1.165) is 18.2 Å². The van der Waals surface area contributed by atoms with Crippen LogP contribution in [0.2, 0.25) is 0 Å². The lowest BCUT2D eigenvalue weighted by Crippen LogP contribution is -2.40. The van der Waals surface area contributed by atoms with Gasteiger partial charge in [-0.05, 0) is 32.4 Å². The number of imide groups is 1. The van der Waals surface area contributed by atoms with E-state index in [4.69, 9.17) is 0 Å². The Balaban J connectivity index is 2.28. The molecule has 0 fully saturated rings. The number of hydrogen-bond donors (Lipinski definition) is 2. The van der Waals surface area contributed by atoms with Crippen LogP contribution in [0.15, 0.2) is 34.2 Å². The molecule has 0 radical (unpaired) electrons. The van der Waals surface area contributed by atoms with E-state index in [2.05, 4.69) is 15.6 Å². The van der Waals surface area contributed by atoms with Crippen LogP contribution in [0, 0.1) is 0 Å². The van der Waals surface area contributed by atoms with Crippen molar-refractivity contribution in [3.05, 3.63) is 34.6 Å². The Morgan fingerprint density at radius 1 is 1.28 bits per heavy atom. The highest BCUT2D eigenvalue weighted by atomic mass is 32.2. The molecule has 7 nitrogen and oxygen atoms in total. The second kappa shape index (κ2) is 8.66. The van der Waals surface area contributed by atoms with Crippen LogP contribution in [0.4, 0.5) is 4.79 Å². The number of rotatable bonds is 6. The van der Waals surface area contributed by atoms with E-state index in [0.29, 0.717) is 22.6 Å². The molecule has 0 spiro atoms. The summed E-state index contributed by atoms with van der Waals surface area (Å²) in [7, 11) is 0. The average Bonchev–Trinajstić information content (AvgIpc) is 2.59. The molecule has 0 aliphatic heterocycles. The normalized spacial score (nSPS) is 12.0. The third-order valence-electron chi connectivity index (χ3n) is 3.73. The predicted molar refractivity (Wildman–Crippen MR) is 98.9 cm³/mol. The Kier molecular flexibility index (Phi) is 6.58. The third-order valence-corrected chi connectivity index (χ3v) is 4.68. The Hall–Kier alpha value is -2.35. The Bertz CT molecular complexity index is 834. The largest absolute Gasteiger partial charge is 0.338 e. The smallest absolute Gasteiger partial charge is 0.321 e. The van der Waals surface area contributed by atoms with Crippen LogP contribution in [0.25, 0.3) is 10.9 Å². The standard InChI is InChI=1S/C17H22N4O3S/c1-4-11(3)21-15(23)12-8-6-7-9-13(12)19-17(21)25-10-14(22)20-16(24)18-5-2/h6-9,11H,4-5,10H2,1-3H3,(H2,18,20,22,24)/t11-/m0/s1. The Morgan fingerprint density at radius 2 is 2.00 bits per heavy atom. The maximum atomic E-state index is 12.8. The molecule has 0 saturated carbocycles. The summed E-state index contributed by atoms with van der Waals surface area (Å²) in [6, 6.07) is 6.57. The summed E-state index contributed by atoms with van der Waals surface area (Å²) in [6.07, 6.45) is 0.762. The van der Waals surface area contributed by atoms with Crippen molar-refractivity contribution in [3.63, 3.8) is 0 Å². The fourth-order valence-electron chi connectivity index (χ4n) is 2.30. The highest BCUT2D eigenvalue weighted by molar-refractivity contribution is 7.99. The Morgan fingerprint density at radius 3 is 2.68 bits per heavy atom. The van der Waals surface area contributed by atoms with Gasteiger partial charge in [0.1, 0.15) is 0 Å².